The van der Waals surface area contributed by atoms with Gasteiger partial charge in [-0.05, 0) is 61.1 Å². The van der Waals surface area contributed by atoms with Crippen LogP contribution in [0.2, 0.25) is 0 Å². The second-order valence-electron chi connectivity index (χ2n) is 7.21. The highest BCUT2D eigenvalue weighted by Crippen LogP contribution is 2.35. The van der Waals surface area contributed by atoms with Gasteiger partial charge in [-0.1, -0.05) is 17.3 Å². The zero-order valence-corrected chi connectivity index (χ0v) is 18.1. The van der Waals surface area contributed by atoms with E-state index in [0.717, 1.165) is 33.8 Å². The van der Waals surface area contributed by atoms with Gasteiger partial charge in [-0.3, -0.25) is 0 Å². The van der Waals surface area contributed by atoms with Crippen LogP contribution in [0.3, 0.4) is 0 Å². The van der Waals surface area contributed by atoms with Gasteiger partial charge in [-0.15, -0.1) is 0 Å². The Morgan fingerprint density at radius 1 is 1.07 bits per heavy atom. The van der Waals surface area contributed by atoms with Crippen molar-refractivity contribution in [1.82, 2.24) is 20.8 Å². The minimum atomic E-state index is -0.195. The molecule has 2 heterocycles. The molecule has 8 heteroatoms. The van der Waals surface area contributed by atoms with Crippen LogP contribution < -0.4 is 20.3 Å². The average Bonchev–Trinajstić information content (AvgIpc) is 3.23. The molecule has 1 aliphatic heterocycles. The van der Waals surface area contributed by atoms with Crippen LogP contribution in [0.15, 0.2) is 58.8 Å². The molecule has 0 unspecified atom stereocenters. The number of ether oxygens (including phenoxy) is 1. The summed E-state index contributed by atoms with van der Waals surface area (Å²) in [5, 5.41) is 11.2. The molecule has 1 aromatic heterocycles. The van der Waals surface area contributed by atoms with Crippen LogP contribution in [0.5, 0.6) is 5.75 Å². The topological polar surface area (TPSA) is 75.5 Å². The normalized spacial score (nSPS) is 16.1. The van der Waals surface area contributed by atoms with Gasteiger partial charge in [0.1, 0.15) is 5.75 Å². The van der Waals surface area contributed by atoms with E-state index in [1.165, 1.54) is 0 Å². The third kappa shape index (κ3) is 3.86. The van der Waals surface area contributed by atoms with Gasteiger partial charge in [-0.2, -0.15) is 4.98 Å². The Bertz CT molecular complexity index is 1090. The van der Waals surface area contributed by atoms with Crippen molar-refractivity contribution in [2.75, 3.05) is 26.1 Å². The molecule has 4 rings (SSSR count). The number of aromatic nitrogens is 2. The number of allylic oxidation sites excluding steroid dienone is 1. The maximum atomic E-state index is 5.65. The smallest absolute Gasteiger partial charge is 0.258 e. The summed E-state index contributed by atoms with van der Waals surface area (Å²) in [6.07, 6.45) is 0. The fourth-order valence-corrected chi connectivity index (χ4v) is 3.65. The van der Waals surface area contributed by atoms with Gasteiger partial charge < -0.3 is 24.8 Å². The third-order valence-electron chi connectivity index (χ3n) is 5.02. The molecule has 30 heavy (non-hydrogen) atoms. The van der Waals surface area contributed by atoms with E-state index < -0.39 is 0 Å². The summed E-state index contributed by atoms with van der Waals surface area (Å²) in [4.78, 5) is 6.71. The van der Waals surface area contributed by atoms with Crippen LogP contribution in [0, 0.1) is 0 Å². The molecule has 0 amide bonds. The zero-order chi connectivity index (χ0) is 21.3. The molecular formula is C22H23N5O2S. The molecule has 2 aromatic carbocycles. The Morgan fingerprint density at radius 3 is 2.40 bits per heavy atom. The van der Waals surface area contributed by atoms with E-state index in [1.807, 2.05) is 45.3 Å². The van der Waals surface area contributed by atoms with Crippen LogP contribution >= 0.6 is 12.2 Å². The van der Waals surface area contributed by atoms with Crippen LogP contribution in [0.25, 0.3) is 17.0 Å². The summed E-state index contributed by atoms with van der Waals surface area (Å²) in [7, 11) is 5.67. The number of anilines is 1. The zero-order valence-electron chi connectivity index (χ0n) is 17.3. The predicted octanol–water partition coefficient (Wildman–Crippen LogP) is 3.76. The lowest BCUT2D eigenvalue weighted by atomic mass is 9.95. The van der Waals surface area contributed by atoms with E-state index in [2.05, 4.69) is 49.9 Å². The molecule has 0 fully saturated rings. The highest BCUT2D eigenvalue weighted by Gasteiger charge is 2.30. The first kappa shape index (κ1) is 19.9. The number of nitrogens with one attached hydrogen (secondary N) is 2. The molecule has 1 atom stereocenters. The van der Waals surface area contributed by atoms with Crippen molar-refractivity contribution in [2.45, 2.75) is 13.0 Å². The van der Waals surface area contributed by atoms with Gasteiger partial charge in [0.15, 0.2) is 5.11 Å². The minimum absolute atomic E-state index is 0.195. The van der Waals surface area contributed by atoms with E-state index in [9.17, 15) is 0 Å². The summed E-state index contributed by atoms with van der Waals surface area (Å²) >= 11 is 5.39. The summed E-state index contributed by atoms with van der Waals surface area (Å²) in [6, 6.07) is 15.7. The SMILES string of the molecule is COc1ccc(-c2noc(C3=C(C)NC(=S)N[C@H]3c3ccc(N(C)C)cc3)n2)cc1. The number of hydrogen-bond donors (Lipinski definition) is 2. The lowest BCUT2D eigenvalue weighted by Crippen LogP contribution is -2.42. The molecule has 2 N–H and O–H groups in total. The Balaban J connectivity index is 1.70. The van der Waals surface area contributed by atoms with Gasteiger partial charge in [0, 0.05) is 31.0 Å². The van der Waals surface area contributed by atoms with E-state index in [1.54, 1.807) is 7.11 Å². The third-order valence-corrected chi connectivity index (χ3v) is 5.24. The number of methoxy groups -OCH3 is 1. The Kier molecular flexibility index (Phi) is 5.41. The van der Waals surface area contributed by atoms with Gasteiger partial charge in [-0.25, -0.2) is 0 Å². The first-order chi connectivity index (χ1) is 14.5. The van der Waals surface area contributed by atoms with Gasteiger partial charge in [0.25, 0.3) is 5.89 Å². The van der Waals surface area contributed by atoms with Gasteiger partial charge in [0.2, 0.25) is 5.82 Å². The molecule has 0 saturated heterocycles. The average molecular weight is 422 g/mol. The molecule has 0 bridgehead atoms. The molecule has 0 radical (unpaired) electrons. The minimum Gasteiger partial charge on any atom is -0.497 e. The highest BCUT2D eigenvalue weighted by atomic mass is 32.1. The predicted molar refractivity (Wildman–Crippen MR) is 121 cm³/mol. The first-order valence-corrected chi connectivity index (χ1v) is 9.91. The molecule has 7 nitrogen and oxygen atoms in total. The number of nitrogens with zero attached hydrogens (tertiary/aromatic N) is 3. The van der Waals surface area contributed by atoms with Crippen molar-refractivity contribution in [3.63, 3.8) is 0 Å². The summed E-state index contributed by atoms with van der Waals surface area (Å²) in [5.41, 5.74) is 4.78. The number of benzene rings is 2. The van der Waals surface area contributed by atoms with Crippen molar-refractivity contribution in [3.05, 3.63) is 65.7 Å². The standard InChI is InChI=1S/C22H23N5O2S/c1-13-18(21-25-20(26-29-21)15-7-11-17(28-4)12-8-15)19(24-22(30)23-13)14-5-9-16(10-6-14)27(2)3/h5-12,19H,1-4H3,(H2,23,24,30)/t19-/m0/s1. The van der Waals surface area contributed by atoms with Crippen LogP contribution in [0.4, 0.5) is 5.69 Å². The molecule has 0 aliphatic carbocycles. The van der Waals surface area contributed by atoms with E-state index in [4.69, 9.17) is 21.5 Å². The van der Waals surface area contributed by atoms with Crippen molar-refractivity contribution >= 4 is 28.6 Å². The largest absolute Gasteiger partial charge is 0.497 e. The van der Waals surface area contributed by atoms with Crippen LogP contribution in [0.1, 0.15) is 24.4 Å². The van der Waals surface area contributed by atoms with E-state index in [-0.39, 0.29) is 6.04 Å². The summed E-state index contributed by atoms with van der Waals surface area (Å²) in [6.45, 7) is 1.96. The monoisotopic (exact) mass is 421 g/mol. The number of hydrogen-bond acceptors (Lipinski definition) is 6. The summed E-state index contributed by atoms with van der Waals surface area (Å²) in [5.74, 6) is 1.74. The fourth-order valence-electron chi connectivity index (χ4n) is 3.38. The molecule has 3 aromatic rings. The van der Waals surface area contributed by atoms with E-state index >= 15 is 0 Å². The second-order valence-corrected chi connectivity index (χ2v) is 7.62. The molecule has 1 aliphatic rings. The second kappa shape index (κ2) is 8.16. The van der Waals surface area contributed by atoms with Gasteiger partial charge in [0.05, 0.1) is 18.7 Å². The lowest BCUT2D eigenvalue weighted by molar-refractivity contribution is 0.403. The first-order valence-electron chi connectivity index (χ1n) is 9.50. The van der Waals surface area contributed by atoms with E-state index in [0.29, 0.717) is 16.8 Å². The van der Waals surface area contributed by atoms with Crippen molar-refractivity contribution in [1.29, 1.82) is 0 Å². The molecular weight excluding hydrogens is 398 g/mol. The fraction of sp³-hybridized carbons (Fsp3) is 0.227. The number of thiocarbonyl (C=S) groups is 1. The highest BCUT2D eigenvalue weighted by molar-refractivity contribution is 7.80. The maximum absolute atomic E-state index is 5.65. The molecule has 0 spiro atoms. The van der Waals surface area contributed by atoms with Crippen molar-refractivity contribution in [3.8, 4) is 17.1 Å². The van der Waals surface area contributed by atoms with Crippen molar-refractivity contribution < 1.29 is 9.26 Å². The Hall–Kier alpha value is -3.39. The van der Waals surface area contributed by atoms with Gasteiger partial charge >= 0.3 is 0 Å². The molecule has 154 valence electrons. The van der Waals surface area contributed by atoms with Crippen molar-refractivity contribution in [2.24, 2.45) is 0 Å². The summed E-state index contributed by atoms with van der Waals surface area (Å²) < 4.78 is 10.9. The Labute approximate surface area is 180 Å². The van der Waals surface area contributed by atoms with Crippen LogP contribution in [-0.2, 0) is 0 Å². The Morgan fingerprint density at radius 2 is 1.77 bits per heavy atom. The maximum Gasteiger partial charge on any atom is 0.258 e. The number of rotatable bonds is 5. The quantitative estimate of drug-likeness (QED) is 0.603. The molecule has 0 saturated carbocycles. The lowest BCUT2D eigenvalue weighted by Gasteiger charge is -2.29. The van der Waals surface area contributed by atoms with Crippen LogP contribution in [-0.4, -0.2) is 36.5 Å².